The van der Waals surface area contributed by atoms with Crippen LogP contribution in [0.5, 0.6) is 5.75 Å². The Morgan fingerprint density at radius 1 is 1.05 bits per heavy atom. The molecule has 1 aromatic heterocycles. The van der Waals surface area contributed by atoms with Gasteiger partial charge in [0.1, 0.15) is 16.7 Å². The predicted molar refractivity (Wildman–Crippen MR) is 139 cm³/mol. The highest BCUT2D eigenvalue weighted by atomic mass is 32.1. The lowest BCUT2D eigenvalue weighted by atomic mass is 9.94. The number of alkyl halides is 3. The molecule has 9 nitrogen and oxygen atoms in total. The number of nitrogens with one attached hydrogen (secondary N) is 1. The van der Waals surface area contributed by atoms with E-state index in [0.29, 0.717) is 29.3 Å². The van der Waals surface area contributed by atoms with Gasteiger partial charge in [-0.15, -0.1) is 0 Å². The van der Waals surface area contributed by atoms with E-state index in [-0.39, 0.29) is 22.2 Å². The van der Waals surface area contributed by atoms with E-state index in [1.165, 1.54) is 36.4 Å². The molecule has 1 aliphatic rings. The van der Waals surface area contributed by atoms with Gasteiger partial charge in [-0.05, 0) is 54.2 Å². The number of nitrogens with zero attached hydrogens (tertiary/aromatic N) is 2. The molecule has 6 N–H and O–H groups in total. The molecule has 1 atom stereocenters. The Labute approximate surface area is 225 Å². The Morgan fingerprint density at radius 3 is 2.28 bits per heavy atom. The van der Waals surface area contributed by atoms with Crippen molar-refractivity contribution in [3.8, 4) is 5.75 Å². The summed E-state index contributed by atoms with van der Waals surface area (Å²) in [5.74, 6) is -2.95. The maximum atomic E-state index is 14.2. The quantitative estimate of drug-likeness (QED) is 0.336. The van der Waals surface area contributed by atoms with Gasteiger partial charge in [0, 0.05) is 6.04 Å². The van der Waals surface area contributed by atoms with Gasteiger partial charge in [0.25, 0.3) is 11.8 Å². The minimum Gasteiger partial charge on any atom is -0.508 e. The predicted octanol–water partition coefficient (Wildman–Crippen LogP) is 4.39. The van der Waals surface area contributed by atoms with Crippen LogP contribution in [0, 0.1) is 0 Å². The van der Waals surface area contributed by atoms with Gasteiger partial charge in [-0.1, -0.05) is 43.5 Å². The van der Waals surface area contributed by atoms with Crippen LogP contribution in [0.4, 0.5) is 24.5 Å². The molecule has 39 heavy (non-hydrogen) atoms. The van der Waals surface area contributed by atoms with Crippen molar-refractivity contribution in [3.05, 3.63) is 70.2 Å². The molecule has 1 heterocycles. The molecule has 1 fully saturated rings. The Hall–Kier alpha value is -4.13. The molecule has 0 unspecified atom stereocenters. The van der Waals surface area contributed by atoms with Crippen molar-refractivity contribution in [1.29, 1.82) is 0 Å². The van der Waals surface area contributed by atoms with E-state index in [0.717, 1.165) is 31.4 Å². The average molecular weight is 562 g/mol. The van der Waals surface area contributed by atoms with Crippen LogP contribution in [-0.4, -0.2) is 33.2 Å². The fourth-order valence-corrected chi connectivity index (χ4v) is 5.37. The molecule has 3 aromatic rings. The molecule has 1 saturated carbocycles. The van der Waals surface area contributed by atoms with E-state index < -0.39 is 52.6 Å². The van der Waals surface area contributed by atoms with Gasteiger partial charge < -0.3 is 21.9 Å². The number of carbonyl (C=O) groups excluding carboxylic acids is 3. The number of amides is 3. The fraction of sp³-hybridized carbons (Fsp3) is 0.308. The Morgan fingerprint density at radius 2 is 1.69 bits per heavy atom. The maximum Gasteiger partial charge on any atom is 0.418 e. The van der Waals surface area contributed by atoms with Gasteiger partial charge in [0.05, 0.1) is 16.9 Å². The van der Waals surface area contributed by atoms with E-state index in [4.69, 9.17) is 11.5 Å². The minimum absolute atomic E-state index is 0.142. The molecule has 13 heteroatoms. The summed E-state index contributed by atoms with van der Waals surface area (Å²) < 4.78 is 46.4. The molecule has 0 bridgehead atoms. The number of carbonyl (C=O) groups is 3. The molecule has 1 aliphatic carbocycles. The summed E-state index contributed by atoms with van der Waals surface area (Å²) in [6, 6.07) is 7.76. The monoisotopic (exact) mass is 561 g/mol. The van der Waals surface area contributed by atoms with Gasteiger partial charge in [-0.25, -0.2) is 0 Å². The number of phenols is 1. The number of nitrogen functional groups attached to an aromatic ring is 1. The highest BCUT2D eigenvalue weighted by molar-refractivity contribution is 7.09. The normalized spacial score (nSPS) is 14.9. The molecule has 0 saturated heterocycles. The van der Waals surface area contributed by atoms with Crippen LogP contribution in [0.3, 0.4) is 0 Å². The summed E-state index contributed by atoms with van der Waals surface area (Å²) in [5.41, 5.74) is 8.83. The number of rotatable bonds is 7. The third kappa shape index (κ3) is 5.98. The van der Waals surface area contributed by atoms with Gasteiger partial charge >= 0.3 is 6.18 Å². The Bertz CT molecular complexity index is 1370. The Balaban J connectivity index is 1.92. The summed E-state index contributed by atoms with van der Waals surface area (Å²) in [6.07, 6.45) is -0.755. The third-order valence-corrected chi connectivity index (χ3v) is 7.36. The van der Waals surface area contributed by atoms with E-state index in [2.05, 4.69) is 9.69 Å². The van der Waals surface area contributed by atoms with Crippen molar-refractivity contribution in [2.75, 3.05) is 10.6 Å². The van der Waals surface area contributed by atoms with Crippen LogP contribution in [0.1, 0.15) is 69.4 Å². The van der Waals surface area contributed by atoms with Crippen LogP contribution in [0.25, 0.3) is 0 Å². The van der Waals surface area contributed by atoms with Crippen molar-refractivity contribution >= 4 is 40.6 Å². The molecule has 4 rings (SSSR count). The number of hydrogen-bond donors (Lipinski definition) is 4. The number of benzene rings is 2. The summed E-state index contributed by atoms with van der Waals surface area (Å²) in [7, 11) is 0. The molecular weight excluding hydrogens is 535 g/mol. The number of aromatic nitrogens is 1. The summed E-state index contributed by atoms with van der Waals surface area (Å²) in [6.45, 7) is 0. The highest BCUT2D eigenvalue weighted by Gasteiger charge is 2.42. The highest BCUT2D eigenvalue weighted by Crippen LogP contribution is 2.41. The van der Waals surface area contributed by atoms with Gasteiger partial charge in [0.2, 0.25) is 5.91 Å². The van der Waals surface area contributed by atoms with Crippen molar-refractivity contribution < 1.29 is 32.7 Å². The van der Waals surface area contributed by atoms with Crippen molar-refractivity contribution in [1.82, 2.24) is 9.69 Å². The lowest BCUT2D eigenvalue weighted by Crippen LogP contribution is -2.47. The number of nitrogens with two attached hydrogens (primary N) is 2. The van der Waals surface area contributed by atoms with Gasteiger partial charge in [-0.2, -0.15) is 17.5 Å². The zero-order valence-corrected chi connectivity index (χ0v) is 21.4. The van der Waals surface area contributed by atoms with Crippen molar-refractivity contribution in [3.63, 3.8) is 0 Å². The number of primary amides is 1. The van der Waals surface area contributed by atoms with E-state index in [1.807, 2.05) is 0 Å². The van der Waals surface area contributed by atoms with Gasteiger partial charge in [0.15, 0.2) is 5.69 Å². The molecule has 3 amide bonds. The maximum absolute atomic E-state index is 14.2. The van der Waals surface area contributed by atoms with Crippen LogP contribution >= 0.6 is 11.5 Å². The lowest BCUT2D eigenvalue weighted by Gasteiger charge is -2.34. The standard InChI is InChI=1S/C26H26F3N5O4S/c27-26(28,29)17-8-4-5-9-18(17)34(25(38)22-19(30)20(23(31)36)33-39-22)21(14-10-12-16(35)13-11-14)24(37)32-15-6-2-1-3-7-15/h4-5,8-13,15,21,35H,1-3,6-7,30H2,(H2,31,36)(H,32,37)/t21-/m1/s1. The number of anilines is 2. The van der Waals surface area contributed by atoms with Crippen molar-refractivity contribution in [2.24, 2.45) is 5.73 Å². The zero-order chi connectivity index (χ0) is 28.3. The fourth-order valence-electron chi connectivity index (χ4n) is 4.63. The SMILES string of the molecule is NC(=O)c1nsc(C(=O)N(c2ccccc2C(F)(F)F)[C@@H](C(=O)NC2CCCCC2)c2ccc(O)cc2)c1N. The van der Waals surface area contributed by atoms with E-state index >= 15 is 0 Å². The van der Waals surface area contributed by atoms with Crippen LogP contribution < -0.4 is 21.7 Å². The van der Waals surface area contributed by atoms with E-state index in [9.17, 15) is 32.7 Å². The second-order valence-corrected chi connectivity index (χ2v) is 9.94. The number of phenolic OH excluding ortho intramolecular Hbond substituents is 1. The van der Waals surface area contributed by atoms with Crippen LogP contribution in [0.2, 0.25) is 0 Å². The lowest BCUT2D eigenvalue weighted by molar-refractivity contribution is -0.137. The zero-order valence-electron chi connectivity index (χ0n) is 20.6. The second-order valence-electron chi connectivity index (χ2n) is 9.17. The number of halogens is 3. The largest absolute Gasteiger partial charge is 0.508 e. The molecule has 0 radical (unpaired) electrons. The first-order valence-electron chi connectivity index (χ1n) is 12.1. The summed E-state index contributed by atoms with van der Waals surface area (Å²) >= 11 is 0.491. The first-order valence-corrected chi connectivity index (χ1v) is 12.9. The van der Waals surface area contributed by atoms with Gasteiger partial charge in [-0.3, -0.25) is 19.3 Å². The molecule has 0 aliphatic heterocycles. The number of hydrogen-bond acceptors (Lipinski definition) is 7. The second kappa shape index (κ2) is 11.3. The van der Waals surface area contributed by atoms with Crippen LogP contribution in [-0.2, 0) is 11.0 Å². The van der Waals surface area contributed by atoms with Crippen LogP contribution in [0.15, 0.2) is 48.5 Å². The topological polar surface area (TPSA) is 152 Å². The number of para-hydroxylation sites is 1. The first kappa shape index (κ1) is 27.9. The third-order valence-electron chi connectivity index (χ3n) is 6.51. The average Bonchev–Trinajstić information content (AvgIpc) is 3.29. The number of aromatic hydroxyl groups is 1. The summed E-state index contributed by atoms with van der Waals surface area (Å²) in [5, 5.41) is 12.7. The summed E-state index contributed by atoms with van der Waals surface area (Å²) in [4.78, 5) is 40.0. The molecule has 2 aromatic carbocycles. The van der Waals surface area contributed by atoms with Crippen molar-refractivity contribution in [2.45, 2.75) is 50.4 Å². The molecular formula is C26H26F3N5O4S. The molecule has 206 valence electrons. The molecule has 0 spiro atoms. The first-order chi connectivity index (χ1) is 18.5. The smallest absolute Gasteiger partial charge is 0.418 e. The Kier molecular flexibility index (Phi) is 8.09. The van der Waals surface area contributed by atoms with E-state index in [1.54, 1.807) is 0 Å². The minimum atomic E-state index is -4.88.